The number of phenolic OH excluding ortho intramolecular Hbond substituents is 1. The van der Waals surface area contributed by atoms with Crippen molar-refractivity contribution in [1.82, 2.24) is 16.0 Å². The molecule has 4 N–H and O–H groups in total. The van der Waals surface area contributed by atoms with Crippen LogP contribution in [0.4, 0.5) is 0 Å². The number of unbranched alkanes of at least 4 members (excludes halogenated alkanes) is 1. The number of phenols is 1. The molecule has 0 aliphatic rings. The van der Waals surface area contributed by atoms with E-state index in [4.69, 9.17) is 9.47 Å². The van der Waals surface area contributed by atoms with Gasteiger partial charge in [0.05, 0.1) is 7.11 Å². The zero-order valence-electron chi connectivity index (χ0n) is 35.2. The molecule has 318 valence electrons. The van der Waals surface area contributed by atoms with Crippen molar-refractivity contribution in [3.63, 3.8) is 0 Å². The van der Waals surface area contributed by atoms with Crippen LogP contribution >= 0.6 is 0 Å². The van der Waals surface area contributed by atoms with Crippen molar-refractivity contribution in [3.05, 3.63) is 197 Å². The summed E-state index contributed by atoms with van der Waals surface area (Å²) in [5.74, 6) is -0.0916. The number of benzene rings is 6. The largest absolute Gasteiger partial charge is 0.507 e. The molecule has 10 heteroatoms. The van der Waals surface area contributed by atoms with Gasteiger partial charge >= 0.3 is 0 Å². The number of aromatic hydroxyl groups is 1. The maximum Gasteiger partial charge on any atom is 0.245 e. The summed E-state index contributed by atoms with van der Waals surface area (Å²) in [6, 6.07) is 49.3. The van der Waals surface area contributed by atoms with Crippen LogP contribution in [0.15, 0.2) is 169 Å². The number of nitrogens with one attached hydrogen (secondary N) is 3. The number of carbonyl (C=O) groups is 3. The van der Waals surface area contributed by atoms with Gasteiger partial charge in [-0.05, 0) is 71.0 Å². The normalized spacial score (nSPS) is 12.2. The van der Waals surface area contributed by atoms with Crippen LogP contribution in [0.25, 0.3) is 0 Å². The standard InChI is InChI=1S/C52H54N4O6/c1-3-4-33-53-50(59)47(34-38-25-27-44(28-26-38)62-37-39-17-9-5-10-18-39)55-51(60)46(54-36-40-35-45(61-2)29-31-48(40)57)30-32-49(58)56-52(41-19-11-6-12-20-41,42-21-13-7-14-22-42)43-23-15-8-16-24-43/h5-29,31,35-36,46-47,57H,3-4,30,32-34,37H2,1-2H3,(H,53,59)(H,55,60)(H,56,58)/t46-,47-/m0/s1. The SMILES string of the molecule is CCCCNC(=O)[C@H](Cc1ccc(OCc2ccccc2)cc1)NC(=O)[C@H](CCC(=O)NC(c1ccccc1)(c1ccccc1)c1ccccc1)N=Cc1cc(OC)ccc1O. The Morgan fingerprint density at radius 3 is 1.84 bits per heavy atom. The first-order valence-electron chi connectivity index (χ1n) is 21.0. The summed E-state index contributed by atoms with van der Waals surface area (Å²) in [7, 11) is 1.51. The number of nitrogens with zero attached hydrogens (tertiary/aromatic N) is 1. The maximum atomic E-state index is 14.4. The van der Waals surface area contributed by atoms with Gasteiger partial charge in [-0.2, -0.15) is 0 Å². The third-order valence-electron chi connectivity index (χ3n) is 10.6. The Morgan fingerprint density at radius 1 is 0.710 bits per heavy atom. The van der Waals surface area contributed by atoms with E-state index in [1.54, 1.807) is 12.1 Å². The molecule has 0 radical (unpaired) electrons. The minimum atomic E-state index is -1.12. The summed E-state index contributed by atoms with van der Waals surface area (Å²) < 4.78 is 11.3. The van der Waals surface area contributed by atoms with Gasteiger partial charge in [0.2, 0.25) is 17.7 Å². The molecule has 0 aliphatic carbocycles. The van der Waals surface area contributed by atoms with Gasteiger partial charge in [0.25, 0.3) is 0 Å². The third kappa shape index (κ3) is 12.0. The van der Waals surface area contributed by atoms with Crippen molar-refractivity contribution in [1.29, 1.82) is 0 Å². The molecular formula is C52H54N4O6. The number of methoxy groups -OCH3 is 1. The maximum absolute atomic E-state index is 14.4. The fourth-order valence-electron chi connectivity index (χ4n) is 7.21. The Labute approximate surface area is 364 Å². The number of rotatable bonds is 21. The number of carbonyl (C=O) groups excluding carboxylic acids is 3. The molecule has 0 bridgehead atoms. The lowest BCUT2D eigenvalue weighted by atomic mass is 9.77. The van der Waals surface area contributed by atoms with E-state index < -0.39 is 23.5 Å². The Bertz CT molecular complexity index is 2260. The van der Waals surface area contributed by atoms with Gasteiger partial charge in [-0.3, -0.25) is 19.4 Å². The van der Waals surface area contributed by atoms with Crippen LogP contribution in [0, 0.1) is 0 Å². The fourth-order valence-corrected chi connectivity index (χ4v) is 7.21. The van der Waals surface area contributed by atoms with Crippen molar-refractivity contribution in [3.8, 4) is 17.2 Å². The van der Waals surface area contributed by atoms with Gasteiger partial charge in [0.1, 0.15) is 41.5 Å². The van der Waals surface area contributed by atoms with Crippen LogP contribution in [0.2, 0.25) is 0 Å². The van der Waals surface area contributed by atoms with E-state index in [0.29, 0.717) is 30.2 Å². The van der Waals surface area contributed by atoms with Gasteiger partial charge in [0, 0.05) is 31.2 Å². The highest BCUT2D eigenvalue weighted by atomic mass is 16.5. The second-order valence-electron chi connectivity index (χ2n) is 15.0. The number of hydrogen-bond donors (Lipinski definition) is 4. The van der Waals surface area contributed by atoms with E-state index >= 15 is 0 Å². The van der Waals surface area contributed by atoms with E-state index in [9.17, 15) is 19.5 Å². The summed E-state index contributed by atoms with van der Waals surface area (Å²) in [5, 5.41) is 20.0. The summed E-state index contributed by atoms with van der Waals surface area (Å²) >= 11 is 0. The zero-order valence-corrected chi connectivity index (χ0v) is 35.2. The molecule has 2 atom stereocenters. The van der Waals surface area contributed by atoms with Crippen molar-refractivity contribution >= 4 is 23.9 Å². The monoisotopic (exact) mass is 830 g/mol. The molecule has 62 heavy (non-hydrogen) atoms. The predicted molar refractivity (Wildman–Crippen MR) is 243 cm³/mol. The molecule has 6 aromatic carbocycles. The van der Waals surface area contributed by atoms with Crippen LogP contribution in [-0.4, -0.2) is 54.8 Å². The van der Waals surface area contributed by atoms with Gasteiger partial charge < -0.3 is 30.5 Å². The molecule has 3 amide bonds. The smallest absolute Gasteiger partial charge is 0.245 e. The molecular weight excluding hydrogens is 777 g/mol. The molecule has 0 fully saturated rings. The minimum Gasteiger partial charge on any atom is -0.507 e. The van der Waals surface area contributed by atoms with Crippen LogP contribution in [0.3, 0.4) is 0 Å². The molecule has 0 saturated carbocycles. The van der Waals surface area contributed by atoms with E-state index in [1.165, 1.54) is 19.4 Å². The van der Waals surface area contributed by atoms with Crippen LogP contribution in [0.1, 0.15) is 66.0 Å². The van der Waals surface area contributed by atoms with Gasteiger partial charge in [0.15, 0.2) is 0 Å². The highest BCUT2D eigenvalue weighted by molar-refractivity contribution is 5.92. The quantitative estimate of drug-likeness (QED) is 0.0327. The lowest BCUT2D eigenvalue weighted by Crippen LogP contribution is -2.51. The molecule has 0 saturated heterocycles. The number of aliphatic imine (C=N–C) groups is 1. The molecule has 0 unspecified atom stereocenters. The lowest BCUT2D eigenvalue weighted by Gasteiger charge is -2.37. The number of amides is 3. The van der Waals surface area contributed by atoms with Gasteiger partial charge in [-0.25, -0.2) is 0 Å². The number of hydrogen-bond acceptors (Lipinski definition) is 7. The second kappa shape index (κ2) is 22.4. The summed E-state index contributed by atoms with van der Waals surface area (Å²) in [4.78, 5) is 47.1. The van der Waals surface area contributed by atoms with Crippen molar-refractivity contribution in [2.45, 2.75) is 63.3 Å². The second-order valence-corrected chi connectivity index (χ2v) is 15.0. The van der Waals surface area contributed by atoms with E-state index in [0.717, 1.165) is 40.7 Å². The predicted octanol–water partition coefficient (Wildman–Crippen LogP) is 8.30. The van der Waals surface area contributed by atoms with Gasteiger partial charge in [-0.15, -0.1) is 0 Å². The average molecular weight is 831 g/mol. The van der Waals surface area contributed by atoms with E-state index in [2.05, 4.69) is 20.9 Å². The van der Waals surface area contributed by atoms with Crippen molar-refractivity contribution in [2.24, 2.45) is 4.99 Å². The molecule has 0 aromatic heterocycles. The van der Waals surface area contributed by atoms with Crippen LogP contribution < -0.4 is 25.4 Å². The summed E-state index contributed by atoms with van der Waals surface area (Å²) in [6.07, 6.45) is 3.16. The third-order valence-corrected chi connectivity index (χ3v) is 10.6. The average Bonchev–Trinajstić information content (AvgIpc) is 3.32. The van der Waals surface area contributed by atoms with E-state index in [1.807, 2.05) is 153 Å². The Morgan fingerprint density at radius 2 is 1.27 bits per heavy atom. The first-order valence-corrected chi connectivity index (χ1v) is 21.0. The molecule has 0 spiro atoms. The van der Waals surface area contributed by atoms with Crippen LogP contribution in [0.5, 0.6) is 17.2 Å². The Balaban J connectivity index is 1.26. The van der Waals surface area contributed by atoms with Crippen molar-refractivity contribution < 1.29 is 29.0 Å². The lowest BCUT2D eigenvalue weighted by molar-refractivity contribution is -0.130. The first kappa shape index (κ1) is 44.4. The fraction of sp³-hybridized carbons (Fsp3) is 0.231. The molecule has 0 aliphatic heterocycles. The molecule has 0 heterocycles. The zero-order chi connectivity index (χ0) is 43.6. The minimum absolute atomic E-state index is 0.00896. The molecule has 6 aromatic rings. The van der Waals surface area contributed by atoms with Crippen molar-refractivity contribution in [2.75, 3.05) is 13.7 Å². The molecule has 6 rings (SSSR count). The highest BCUT2D eigenvalue weighted by Crippen LogP contribution is 2.37. The van der Waals surface area contributed by atoms with Gasteiger partial charge in [-0.1, -0.05) is 147 Å². The van der Waals surface area contributed by atoms with E-state index in [-0.39, 0.29) is 36.8 Å². The summed E-state index contributed by atoms with van der Waals surface area (Å²) in [5.41, 5.74) is 3.71. The first-order chi connectivity index (χ1) is 30.3. The highest BCUT2D eigenvalue weighted by Gasteiger charge is 2.38. The molecule has 10 nitrogen and oxygen atoms in total. The Kier molecular flexibility index (Phi) is 16.0. The van der Waals surface area contributed by atoms with Crippen LogP contribution in [-0.2, 0) is 33.0 Å². The summed E-state index contributed by atoms with van der Waals surface area (Å²) in [6.45, 7) is 2.91. The Hall–Kier alpha value is -7.20. The topological polar surface area (TPSA) is 138 Å². The number of ether oxygens (including phenoxy) is 2.